The number of hydrogen-bond acceptors (Lipinski definition) is 2. The molecule has 0 aromatic heterocycles. The second-order valence-corrected chi connectivity index (χ2v) is 6.82. The Morgan fingerprint density at radius 2 is 1.95 bits per heavy atom. The van der Waals surface area contributed by atoms with Gasteiger partial charge in [-0.05, 0) is 49.3 Å². The largest absolute Gasteiger partial charge is 0.481 e. The number of hydrogen-bond donors (Lipinski definition) is 1. The van der Waals surface area contributed by atoms with E-state index in [0.29, 0.717) is 25.3 Å². The van der Waals surface area contributed by atoms with Crippen LogP contribution in [-0.2, 0) is 16.0 Å². The molecule has 5 heteroatoms. The fourth-order valence-electron chi connectivity index (χ4n) is 2.92. The third-order valence-corrected chi connectivity index (χ3v) is 4.71. The van der Waals surface area contributed by atoms with Crippen LogP contribution < -0.4 is 0 Å². The number of halogens is 1. The lowest BCUT2D eigenvalue weighted by Gasteiger charge is -2.32. The average Bonchev–Trinajstić information content (AvgIpc) is 2.52. The first-order valence-electron chi connectivity index (χ1n) is 7.78. The van der Waals surface area contributed by atoms with E-state index < -0.39 is 5.97 Å². The smallest absolute Gasteiger partial charge is 0.303 e. The number of benzene rings is 1. The predicted octanol–water partition coefficient (Wildman–Crippen LogP) is 3.49. The van der Waals surface area contributed by atoms with Crippen LogP contribution in [0.1, 0.15) is 37.7 Å². The number of carbonyl (C=O) groups is 2. The van der Waals surface area contributed by atoms with Gasteiger partial charge in [0.2, 0.25) is 5.91 Å². The number of nitrogens with zero attached hydrogens (tertiary/aromatic N) is 1. The Hall–Kier alpha value is -1.36. The maximum Gasteiger partial charge on any atom is 0.303 e. The number of carbonyl (C=O) groups excluding carboxylic acids is 1. The van der Waals surface area contributed by atoms with Crippen molar-refractivity contribution < 1.29 is 14.7 Å². The number of amides is 1. The van der Waals surface area contributed by atoms with E-state index in [9.17, 15) is 9.59 Å². The van der Waals surface area contributed by atoms with Crippen molar-refractivity contribution in [3.8, 4) is 0 Å². The van der Waals surface area contributed by atoms with Crippen molar-refractivity contribution >= 4 is 27.8 Å². The zero-order valence-electron chi connectivity index (χ0n) is 12.6. The Labute approximate surface area is 139 Å². The molecule has 1 amide bonds. The molecule has 2 rings (SSSR count). The number of carboxylic acids is 1. The van der Waals surface area contributed by atoms with Crippen molar-refractivity contribution in [1.29, 1.82) is 0 Å². The summed E-state index contributed by atoms with van der Waals surface area (Å²) in [5.41, 5.74) is 1.16. The van der Waals surface area contributed by atoms with Crippen LogP contribution in [0.2, 0.25) is 0 Å². The number of likely N-dealkylation sites (tertiary alicyclic amines) is 1. The minimum Gasteiger partial charge on any atom is -0.481 e. The molecule has 1 aromatic rings. The molecule has 120 valence electrons. The molecule has 1 aromatic carbocycles. The van der Waals surface area contributed by atoms with Gasteiger partial charge in [-0.2, -0.15) is 0 Å². The van der Waals surface area contributed by atoms with Gasteiger partial charge in [-0.15, -0.1) is 0 Å². The normalized spacial score (nSPS) is 18.2. The average molecular weight is 368 g/mol. The van der Waals surface area contributed by atoms with Gasteiger partial charge in [-0.25, -0.2) is 0 Å². The molecule has 1 atom stereocenters. The summed E-state index contributed by atoms with van der Waals surface area (Å²) >= 11 is 3.40. The lowest BCUT2D eigenvalue weighted by Crippen LogP contribution is -2.40. The first-order chi connectivity index (χ1) is 10.5. The molecule has 0 bridgehead atoms. The van der Waals surface area contributed by atoms with E-state index in [-0.39, 0.29) is 12.3 Å². The number of aryl methyl sites for hydroxylation is 1. The fourth-order valence-corrected chi connectivity index (χ4v) is 3.18. The third kappa shape index (κ3) is 5.44. The Kier molecular flexibility index (Phi) is 6.43. The molecule has 0 aliphatic carbocycles. The van der Waals surface area contributed by atoms with Crippen LogP contribution in [0.25, 0.3) is 0 Å². The number of rotatable bonds is 6. The molecule has 4 nitrogen and oxygen atoms in total. The van der Waals surface area contributed by atoms with Crippen molar-refractivity contribution in [2.75, 3.05) is 13.1 Å². The van der Waals surface area contributed by atoms with Crippen molar-refractivity contribution in [2.24, 2.45) is 5.92 Å². The predicted molar refractivity (Wildman–Crippen MR) is 88.6 cm³/mol. The van der Waals surface area contributed by atoms with Gasteiger partial charge in [-0.1, -0.05) is 28.1 Å². The molecule has 1 saturated heterocycles. The maximum absolute atomic E-state index is 12.3. The van der Waals surface area contributed by atoms with Crippen molar-refractivity contribution in [2.45, 2.75) is 38.5 Å². The van der Waals surface area contributed by atoms with Crippen LogP contribution in [-0.4, -0.2) is 35.0 Å². The highest BCUT2D eigenvalue weighted by Crippen LogP contribution is 2.22. The number of carboxylic acid groups (broad SMARTS) is 1. The van der Waals surface area contributed by atoms with E-state index in [1.807, 2.05) is 29.2 Å². The SMILES string of the molecule is O=C(O)CC[C@H]1CCCN(C(=O)CCc2ccc(Br)cc2)C1. The third-order valence-electron chi connectivity index (χ3n) is 4.18. The van der Waals surface area contributed by atoms with E-state index in [1.54, 1.807) is 0 Å². The summed E-state index contributed by atoms with van der Waals surface area (Å²) in [5.74, 6) is -0.233. The van der Waals surface area contributed by atoms with Crippen LogP contribution >= 0.6 is 15.9 Å². The minimum atomic E-state index is -0.751. The van der Waals surface area contributed by atoms with Gasteiger partial charge in [0.1, 0.15) is 0 Å². The molecule has 1 heterocycles. The zero-order chi connectivity index (χ0) is 15.9. The molecule has 0 radical (unpaired) electrons. The molecule has 1 fully saturated rings. The summed E-state index contributed by atoms with van der Waals surface area (Å²) in [6, 6.07) is 8.04. The van der Waals surface area contributed by atoms with Gasteiger partial charge < -0.3 is 10.0 Å². The second kappa shape index (κ2) is 8.32. The van der Waals surface area contributed by atoms with E-state index in [0.717, 1.165) is 35.8 Å². The highest BCUT2D eigenvalue weighted by molar-refractivity contribution is 9.10. The van der Waals surface area contributed by atoms with Gasteiger partial charge >= 0.3 is 5.97 Å². The molecular formula is C17H22BrNO3. The fraction of sp³-hybridized carbons (Fsp3) is 0.529. The Balaban J connectivity index is 1.78. The lowest BCUT2D eigenvalue weighted by molar-refractivity contribution is -0.137. The van der Waals surface area contributed by atoms with Gasteiger partial charge in [0, 0.05) is 30.4 Å². The van der Waals surface area contributed by atoms with Crippen LogP contribution in [0.15, 0.2) is 28.7 Å². The van der Waals surface area contributed by atoms with Crippen LogP contribution in [0.4, 0.5) is 0 Å². The maximum atomic E-state index is 12.3. The van der Waals surface area contributed by atoms with Crippen molar-refractivity contribution in [3.05, 3.63) is 34.3 Å². The minimum absolute atomic E-state index is 0.183. The molecular weight excluding hydrogens is 346 g/mol. The first-order valence-corrected chi connectivity index (χ1v) is 8.58. The van der Waals surface area contributed by atoms with E-state index in [4.69, 9.17) is 5.11 Å². The summed E-state index contributed by atoms with van der Waals surface area (Å²) in [7, 11) is 0. The summed E-state index contributed by atoms with van der Waals surface area (Å²) in [6.45, 7) is 1.52. The highest BCUT2D eigenvalue weighted by atomic mass is 79.9. The highest BCUT2D eigenvalue weighted by Gasteiger charge is 2.23. The lowest BCUT2D eigenvalue weighted by atomic mass is 9.93. The molecule has 0 unspecified atom stereocenters. The van der Waals surface area contributed by atoms with E-state index in [1.165, 1.54) is 0 Å². The number of aliphatic carboxylic acids is 1. The number of piperidine rings is 1. The van der Waals surface area contributed by atoms with Crippen molar-refractivity contribution in [1.82, 2.24) is 4.90 Å². The van der Waals surface area contributed by atoms with Gasteiger partial charge in [-0.3, -0.25) is 9.59 Å². The standard InChI is InChI=1S/C17H22BrNO3/c18-15-7-3-13(4-8-15)5-9-16(20)19-11-1-2-14(12-19)6-10-17(21)22/h3-4,7-8,14H,1-2,5-6,9-12H2,(H,21,22)/t14-/m1/s1. The summed E-state index contributed by atoms with van der Waals surface area (Å²) in [6.07, 6.45) is 4.16. The van der Waals surface area contributed by atoms with Crippen molar-refractivity contribution in [3.63, 3.8) is 0 Å². The quantitative estimate of drug-likeness (QED) is 0.836. The van der Waals surface area contributed by atoms with Gasteiger partial charge in [0.05, 0.1) is 0 Å². The van der Waals surface area contributed by atoms with Crippen LogP contribution in [0.5, 0.6) is 0 Å². The topological polar surface area (TPSA) is 57.6 Å². The molecule has 0 saturated carbocycles. The Bertz CT molecular complexity index is 515. The molecule has 1 aliphatic rings. The molecule has 0 spiro atoms. The Morgan fingerprint density at radius 1 is 1.23 bits per heavy atom. The van der Waals surface area contributed by atoms with Crippen LogP contribution in [0, 0.1) is 5.92 Å². The molecule has 1 N–H and O–H groups in total. The second-order valence-electron chi connectivity index (χ2n) is 5.91. The zero-order valence-corrected chi connectivity index (χ0v) is 14.2. The monoisotopic (exact) mass is 367 g/mol. The molecule has 22 heavy (non-hydrogen) atoms. The van der Waals surface area contributed by atoms with E-state index >= 15 is 0 Å². The summed E-state index contributed by atoms with van der Waals surface area (Å²) in [4.78, 5) is 24.9. The van der Waals surface area contributed by atoms with Gasteiger partial charge in [0.15, 0.2) is 0 Å². The summed E-state index contributed by atoms with van der Waals surface area (Å²) in [5, 5.41) is 8.77. The Morgan fingerprint density at radius 3 is 2.64 bits per heavy atom. The van der Waals surface area contributed by atoms with Gasteiger partial charge in [0.25, 0.3) is 0 Å². The first kappa shape index (κ1) is 17.0. The van der Waals surface area contributed by atoms with Crippen LogP contribution in [0.3, 0.4) is 0 Å². The summed E-state index contributed by atoms with van der Waals surface area (Å²) < 4.78 is 1.04. The molecule has 1 aliphatic heterocycles. The van der Waals surface area contributed by atoms with E-state index in [2.05, 4.69) is 15.9 Å².